The first-order valence-corrected chi connectivity index (χ1v) is 9.85. The van der Waals surface area contributed by atoms with Crippen LogP contribution in [0.5, 0.6) is 0 Å². The van der Waals surface area contributed by atoms with E-state index in [9.17, 15) is 12.8 Å². The summed E-state index contributed by atoms with van der Waals surface area (Å²) in [7, 11) is -3.65. The van der Waals surface area contributed by atoms with Gasteiger partial charge < -0.3 is 4.57 Å². The summed E-state index contributed by atoms with van der Waals surface area (Å²) in [6.07, 6.45) is 3.71. The van der Waals surface area contributed by atoms with Gasteiger partial charge >= 0.3 is 0 Å². The van der Waals surface area contributed by atoms with Gasteiger partial charge in [-0.3, -0.25) is 4.90 Å². The van der Waals surface area contributed by atoms with Gasteiger partial charge in [-0.1, -0.05) is 11.6 Å². The molecule has 1 aromatic carbocycles. The molecule has 0 atom stereocenters. The summed E-state index contributed by atoms with van der Waals surface area (Å²) in [6.45, 7) is 5.74. The summed E-state index contributed by atoms with van der Waals surface area (Å²) >= 11 is 5.71. The Morgan fingerprint density at radius 2 is 1.92 bits per heavy atom. The van der Waals surface area contributed by atoms with Gasteiger partial charge in [-0.2, -0.15) is 4.31 Å². The minimum absolute atomic E-state index is 0.0291. The third-order valence-corrected chi connectivity index (χ3v) is 6.63. The summed E-state index contributed by atoms with van der Waals surface area (Å²) in [5, 5.41) is -0.185. The number of nitrogens with zero attached hydrogens (tertiary/aromatic N) is 4. The number of hydrogen-bond acceptors (Lipinski definition) is 4. The van der Waals surface area contributed by atoms with Gasteiger partial charge in [-0.15, -0.1) is 0 Å². The largest absolute Gasteiger partial charge is 0.334 e. The average Bonchev–Trinajstić information content (AvgIpc) is 3.01. The number of sulfonamides is 1. The molecule has 2 heterocycles. The highest BCUT2D eigenvalue weighted by atomic mass is 35.5. The fourth-order valence-corrected chi connectivity index (χ4v) is 4.56. The molecule has 136 valence electrons. The summed E-state index contributed by atoms with van der Waals surface area (Å²) in [5.74, 6) is 0.342. The van der Waals surface area contributed by atoms with E-state index in [4.69, 9.17) is 11.6 Å². The van der Waals surface area contributed by atoms with Crippen LogP contribution in [0.4, 0.5) is 4.39 Å². The van der Waals surface area contributed by atoms with E-state index in [1.54, 1.807) is 6.20 Å². The SMILES string of the molecule is Cc1nccn1CCN1CCN(S(=O)(=O)c2ccc(F)c(Cl)c2)CC1. The van der Waals surface area contributed by atoms with E-state index in [-0.39, 0.29) is 9.92 Å². The molecule has 0 saturated carbocycles. The third-order valence-electron chi connectivity index (χ3n) is 4.44. The number of hydrogen-bond donors (Lipinski definition) is 0. The van der Waals surface area contributed by atoms with Gasteiger partial charge in [0.05, 0.1) is 9.92 Å². The van der Waals surface area contributed by atoms with Crippen molar-refractivity contribution in [2.45, 2.75) is 18.4 Å². The molecular formula is C16H20ClFN4O2S. The number of rotatable bonds is 5. The van der Waals surface area contributed by atoms with Crippen molar-refractivity contribution in [2.24, 2.45) is 0 Å². The Balaban J connectivity index is 1.59. The lowest BCUT2D eigenvalue weighted by molar-refractivity contribution is 0.182. The fraction of sp³-hybridized carbons (Fsp3) is 0.438. The molecule has 6 nitrogen and oxygen atoms in total. The maximum atomic E-state index is 13.3. The van der Waals surface area contributed by atoms with Crippen molar-refractivity contribution < 1.29 is 12.8 Å². The first kappa shape index (κ1) is 18.3. The molecule has 1 aromatic heterocycles. The maximum absolute atomic E-state index is 13.3. The van der Waals surface area contributed by atoms with Gasteiger partial charge in [-0.25, -0.2) is 17.8 Å². The predicted octanol–water partition coefficient (Wildman–Crippen LogP) is 1.99. The van der Waals surface area contributed by atoms with Crippen LogP contribution in [0.2, 0.25) is 5.02 Å². The van der Waals surface area contributed by atoms with Crippen molar-refractivity contribution in [3.63, 3.8) is 0 Å². The second kappa shape index (κ2) is 7.41. The van der Waals surface area contributed by atoms with Crippen molar-refractivity contribution in [1.82, 2.24) is 18.8 Å². The molecule has 9 heteroatoms. The van der Waals surface area contributed by atoms with Crippen LogP contribution >= 0.6 is 11.6 Å². The smallest absolute Gasteiger partial charge is 0.243 e. The van der Waals surface area contributed by atoms with Crippen molar-refractivity contribution in [3.05, 3.63) is 47.3 Å². The number of piperazine rings is 1. The van der Waals surface area contributed by atoms with Gasteiger partial charge in [-0.05, 0) is 25.1 Å². The molecule has 1 saturated heterocycles. The Bertz CT molecular complexity index is 848. The highest BCUT2D eigenvalue weighted by Crippen LogP contribution is 2.23. The topological polar surface area (TPSA) is 58.4 Å². The molecule has 1 fully saturated rings. The van der Waals surface area contributed by atoms with Gasteiger partial charge in [0.15, 0.2) is 0 Å². The molecule has 0 radical (unpaired) electrons. The first-order chi connectivity index (χ1) is 11.9. The van der Waals surface area contributed by atoms with E-state index >= 15 is 0 Å². The van der Waals surface area contributed by atoms with Crippen LogP contribution in [0.1, 0.15) is 5.82 Å². The van der Waals surface area contributed by atoms with E-state index < -0.39 is 15.8 Å². The molecule has 1 aliphatic rings. The number of imidazole rings is 1. The molecule has 0 spiro atoms. The normalized spacial score (nSPS) is 17.1. The molecule has 3 rings (SSSR count). The molecule has 0 aliphatic carbocycles. The van der Waals surface area contributed by atoms with E-state index in [1.165, 1.54) is 16.4 Å². The molecule has 25 heavy (non-hydrogen) atoms. The Hall–Kier alpha value is -1.48. The molecular weight excluding hydrogens is 367 g/mol. The first-order valence-electron chi connectivity index (χ1n) is 8.03. The molecule has 0 bridgehead atoms. The second-order valence-electron chi connectivity index (χ2n) is 5.99. The van der Waals surface area contributed by atoms with Gasteiger partial charge in [0, 0.05) is 51.7 Å². The standard InChI is InChI=1S/C16H20ClFN4O2S/c1-13-19-4-5-21(13)9-6-20-7-10-22(11-8-20)25(23,24)14-2-3-16(18)15(17)12-14/h2-5,12H,6-11H2,1H3. The lowest BCUT2D eigenvalue weighted by Gasteiger charge is -2.34. The molecule has 2 aromatic rings. The minimum atomic E-state index is -3.65. The van der Waals surface area contributed by atoms with Gasteiger partial charge in [0.25, 0.3) is 0 Å². The predicted molar refractivity (Wildman–Crippen MR) is 93.6 cm³/mol. The van der Waals surface area contributed by atoms with Crippen LogP contribution in [-0.4, -0.2) is 59.9 Å². The average molecular weight is 387 g/mol. The number of aryl methyl sites for hydroxylation is 1. The molecule has 0 amide bonds. The van der Waals surface area contributed by atoms with E-state index in [0.29, 0.717) is 26.2 Å². The van der Waals surface area contributed by atoms with Crippen molar-refractivity contribution in [1.29, 1.82) is 0 Å². The van der Waals surface area contributed by atoms with Crippen LogP contribution in [0.3, 0.4) is 0 Å². The molecule has 0 N–H and O–H groups in total. The summed E-state index contributed by atoms with van der Waals surface area (Å²) in [5.41, 5.74) is 0. The summed E-state index contributed by atoms with van der Waals surface area (Å²) in [6, 6.07) is 3.50. The summed E-state index contributed by atoms with van der Waals surface area (Å²) in [4.78, 5) is 6.45. The molecule has 0 unspecified atom stereocenters. The highest BCUT2D eigenvalue weighted by molar-refractivity contribution is 7.89. The van der Waals surface area contributed by atoms with Crippen LogP contribution in [-0.2, 0) is 16.6 Å². The van der Waals surface area contributed by atoms with Crippen molar-refractivity contribution in [3.8, 4) is 0 Å². The zero-order valence-corrected chi connectivity index (χ0v) is 15.5. The fourth-order valence-electron chi connectivity index (χ4n) is 2.87. The highest BCUT2D eigenvalue weighted by Gasteiger charge is 2.28. The number of halogens is 2. The zero-order chi connectivity index (χ0) is 18.0. The van der Waals surface area contributed by atoms with Gasteiger partial charge in [0.2, 0.25) is 10.0 Å². The van der Waals surface area contributed by atoms with E-state index in [0.717, 1.165) is 25.0 Å². The van der Waals surface area contributed by atoms with Crippen molar-refractivity contribution in [2.75, 3.05) is 32.7 Å². The maximum Gasteiger partial charge on any atom is 0.243 e. The van der Waals surface area contributed by atoms with E-state index in [1.807, 2.05) is 13.1 Å². The van der Waals surface area contributed by atoms with Crippen LogP contribution in [0, 0.1) is 12.7 Å². The quantitative estimate of drug-likeness (QED) is 0.788. The Labute approximate surface area is 151 Å². The van der Waals surface area contributed by atoms with Crippen LogP contribution in [0.15, 0.2) is 35.5 Å². The Morgan fingerprint density at radius 1 is 1.20 bits per heavy atom. The Morgan fingerprint density at radius 3 is 2.52 bits per heavy atom. The zero-order valence-electron chi connectivity index (χ0n) is 13.9. The lowest BCUT2D eigenvalue weighted by atomic mass is 10.3. The minimum Gasteiger partial charge on any atom is -0.334 e. The van der Waals surface area contributed by atoms with Crippen molar-refractivity contribution >= 4 is 21.6 Å². The number of benzene rings is 1. The lowest BCUT2D eigenvalue weighted by Crippen LogP contribution is -2.49. The monoisotopic (exact) mass is 386 g/mol. The van der Waals surface area contributed by atoms with Crippen LogP contribution in [0.25, 0.3) is 0 Å². The number of aromatic nitrogens is 2. The third kappa shape index (κ3) is 4.03. The van der Waals surface area contributed by atoms with Gasteiger partial charge in [0.1, 0.15) is 11.6 Å². The second-order valence-corrected chi connectivity index (χ2v) is 8.33. The molecule has 1 aliphatic heterocycles. The van der Waals surface area contributed by atoms with E-state index in [2.05, 4.69) is 14.5 Å². The van der Waals surface area contributed by atoms with Crippen LogP contribution < -0.4 is 0 Å². The Kier molecular flexibility index (Phi) is 5.43. The summed E-state index contributed by atoms with van der Waals surface area (Å²) < 4.78 is 42.1.